The monoisotopic (exact) mass is 380 g/mol. The van der Waals surface area contributed by atoms with Gasteiger partial charge in [0.2, 0.25) is 5.95 Å². The molecule has 0 amide bonds. The molecule has 0 fully saturated rings. The highest BCUT2D eigenvalue weighted by atomic mass is 19.4. The van der Waals surface area contributed by atoms with E-state index in [1.54, 1.807) is 6.92 Å². The molecule has 0 saturated heterocycles. The van der Waals surface area contributed by atoms with E-state index in [9.17, 15) is 22.0 Å². The number of aryl methyl sites for hydroxylation is 1. The molecule has 0 radical (unpaired) electrons. The van der Waals surface area contributed by atoms with Gasteiger partial charge in [-0.25, -0.2) is 13.8 Å². The van der Waals surface area contributed by atoms with Crippen LogP contribution in [-0.2, 0) is 6.18 Å². The molecule has 2 N–H and O–H groups in total. The molecule has 0 bridgehead atoms. The van der Waals surface area contributed by atoms with Crippen LogP contribution in [0, 0.1) is 18.6 Å². The van der Waals surface area contributed by atoms with E-state index >= 15 is 0 Å². The van der Waals surface area contributed by atoms with E-state index in [0.29, 0.717) is 5.69 Å². The SMILES string of the molecule is Cc1cc(Nc2cccc(C(F)(F)F)c2)nc(Nc2ccc(F)c(F)c2)n1. The molecule has 0 aliphatic carbocycles. The third kappa shape index (κ3) is 4.69. The number of aromatic nitrogens is 2. The second kappa shape index (κ2) is 7.18. The Morgan fingerprint density at radius 1 is 0.815 bits per heavy atom. The van der Waals surface area contributed by atoms with Crippen LogP contribution in [0.4, 0.5) is 45.1 Å². The van der Waals surface area contributed by atoms with Crippen molar-refractivity contribution >= 4 is 23.1 Å². The van der Waals surface area contributed by atoms with Crippen molar-refractivity contribution in [1.29, 1.82) is 0 Å². The standard InChI is InChI=1S/C18H13F5N4/c1-10-7-16(25-12-4-2-3-11(8-12)18(21,22)23)27-17(24-10)26-13-5-6-14(19)15(20)9-13/h2-9H,1H3,(H2,24,25,26,27). The minimum Gasteiger partial charge on any atom is -0.340 e. The molecule has 0 aliphatic rings. The quantitative estimate of drug-likeness (QED) is 0.581. The van der Waals surface area contributed by atoms with Gasteiger partial charge in [-0.1, -0.05) is 6.07 Å². The molecule has 2 aromatic carbocycles. The summed E-state index contributed by atoms with van der Waals surface area (Å²) in [4.78, 5) is 8.26. The Morgan fingerprint density at radius 3 is 2.26 bits per heavy atom. The molecule has 0 aliphatic heterocycles. The van der Waals surface area contributed by atoms with E-state index in [2.05, 4.69) is 20.6 Å². The van der Waals surface area contributed by atoms with Crippen LogP contribution in [0.15, 0.2) is 48.5 Å². The maximum absolute atomic E-state index is 13.3. The average molecular weight is 380 g/mol. The van der Waals surface area contributed by atoms with Crippen LogP contribution in [0.5, 0.6) is 0 Å². The summed E-state index contributed by atoms with van der Waals surface area (Å²) in [6.45, 7) is 1.66. The largest absolute Gasteiger partial charge is 0.416 e. The van der Waals surface area contributed by atoms with Crippen molar-refractivity contribution in [2.45, 2.75) is 13.1 Å². The van der Waals surface area contributed by atoms with Crippen LogP contribution in [0.2, 0.25) is 0 Å². The Bertz CT molecular complexity index is 972. The molecule has 0 saturated carbocycles. The maximum atomic E-state index is 13.3. The van der Waals surface area contributed by atoms with Gasteiger partial charge >= 0.3 is 6.18 Å². The summed E-state index contributed by atoms with van der Waals surface area (Å²) in [6.07, 6.45) is -4.46. The lowest BCUT2D eigenvalue weighted by molar-refractivity contribution is -0.137. The Kier molecular flexibility index (Phi) is 4.93. The average Bonchev–Trinajstić information content (AvgIpc) is 2.57. The molecular formula is C18H13F5N4. The molecule has 3 aromatic rings. The Hall–Kier alpha value is -3.23. The highest BCUT2D eigenvalue weighted by Gasteiger charge is 2.30. The van der Waals surface area contributed by atoms with Gasteiger partial charge in [0.05, 0.1) is 5.56 Å². The molecule has 3 rings (SSSR count). The normalized spacial score (nSPS) is 11.3. The Balaban J connectivity index is 1.84. The van der Waals surface area contributed by atoms with Gasteiger partial charge in [0.1, 0.15) is 5.82 Å². The van der Waals surface area contributed by atoms with E-state index in [-0.39, 0.29) is 23.1 Å². The second-order valence-corrected chi connectivity index (χ2v) is 5.68. The van der Waals surface area contributed by atoms with Gasteiger partial charge in [-0.15, -0.1) is 0 Å². The van der Waals surface area contributed by atoms with Gasteiger partial charge in [0.15, 0.2) is 11.6 Å². The molecule has 4 nitrogen and oxygen atoms in total. The van der Waals surface area contributed by atoms with Crippen molar-refractivity contribution in [1.82, 2.24) is 9.97 Å². The fourth-order valence-corrected chi connectivity index (χ4v) is 2.31. The van der Waals surface area contributed by atoms with E-state index < -0.39 is 23.4 Å². The molecule has 27 heavy (non-hydrogen) atoms. The number of alkyl halides is 3. The first-order valence-corrected chi connectivity index (χ1v) is 7.73. The summed E-state index contributed by atoms with van der Waals surface area (Å²) < 4.78 is 64.8. The van der Waals surface area contributed by atoms with E-state index in [1.165, 1.54) is 24.3 Å². The predicted molar refractivity (Wildman–Crippen MR) is 91.1 cm³/mol. The van der Waals surface area contributed by atoms with Crippen molar-refractivity contribution in [3.63, 3.8) is 0 Å². The highest BCUT2D eigenvalue weighted by molar-refractivity contribution is 5.61. The van der Waals surface area contributed by atoms with Crippen molar-refractivity contribution in [2.24, 2.45) is 0 Å². The van der Waals surface area contributed by atoms with Gasteiger partial charge in [-0.05, 0) is 37.3 Å². The molecule has 0 spiro atoms. The minimum atomic E-state index is -4.46. The predicted octanol–water partition coefficient (Wildman–Crippen LogP) is 5.57. The fourth-order valence-electron chi connectivity index (χ4n) is 2.31. The first kappa shape index (κ1) is 18.6. The van der Waals surface area contributed by atoms with Gasteiger partial charge in [0.25, 0.3) is 0 Å². The summed E-state index contributed by atoms with van der Waals surface area (Å²) in [6, 6.07) is 9.41. The smallest absolute Gasteiger partial charge is 0.340 e. The zero-order valence-corrected chi connectivity index (χ0v) is 13.9. The minimum absolute atomic E-state index is 0.0792. The Labute approximate surface area is 151 Å². The summed E-state index contributed by atoms with van der Waals surface area (Å²) in [5.74, 6) is -1.70. The number of hydrogen-bond acceptors (Lipinski definition) is 4. The first-order chi connectivity index (χ1) is 12.7. The first-order valence-electron chi connectivity index (χ1n) is 7.73. The lowest BCUT2D eigenvalue weighted by Crippen LogP contribution is -2.06. The van der Waals surface area contributed by atoms with Crippen LogP contribution < -0.4 is 10.6 Å². The van der Waals surface area contributed by atoms with E-state index in [1.807, 2.05) is 0 Å². The molecule has 1 heterocycles. The van der Waals surface area contributed by atoms with E-state index in [4.69, 9.17) is 0 Å². The lowest BCUT2D eigenvalue weighted by Gasteiger charge is -2.12. The number of nitrogens with zero attached hydrogens (tertiary/aromatic N) is 2. The number of nitrogens with one attached hydrogen (secondary N) is 2. The number of halogens is 5. The van der Waals surface area contributed by atoms with Crippen LogP contribution in [-0.4, -0.2) is 9.97 Å². The molecule has 0 atom stereocenters. The van der Waals surface area contributed by atoms with E-state index in [0.717, 1.165) is 24.3 Å². The molecule has 140 valence electrons. The zero-order valence-electron chi connectivity index (χ0n) is 13.9. The number of benzene rings is 2. The second-order valence-electron chi connectivity index (χ2n) is 5.68. The van der Waals surface area contributed by atoms with Crippen molar-refractivity contribution in [3.05, 3.63) is 71.4 Å². The molecular weight excluding hydrogens is 367 g/mol. The van der Waals surface area contributed by atoms with Crippen molar-refractivity contribution in [2.75, 3.05) is 10.6 Å². The summed E-state index contributed by atoms with van der Waals surface area (Å²) >= 11 is 0. The highest BCUT2D eigenvalue weighted by Crippen LogP contribution is 2.31. The summed E-state index contributed by atoms with van der Waals surface area (Å²) in [7, 11) is 0. The van der Waals surface area contributed by atoms with Gasteiger partial charge in [0, 0.05) is 29.2 Å². The van der Waals surface area contributed by atoms with Crippen LogP contribution in [0.3, 0.4) is 0 Å². The molecule has 9 heteroatoms. The third-order valence-electron chi connectivity index (χ3n) is 3.49. The van der Waals surface area contributed by atoms with Crippen LogP contribution >= 0.6 is 0 Å². The lowest BCUT2D eigenvalue weighted by atomic mass is 10.2. The Morgan fingerprint density at radius 2 is 1.56 bits per heavy atom. The van der Waals surface area contributed by atoms with Crippen molar-refractivity contribution in [3.8, 4) is 0 Å². The number of hydrogen-bond donors (Lipinski definition) is 2. The van der Waals surface area contributed by atoms with Crippen LogP contribution in [0.25, 0.3) is 0 Å². The number of rotatable bonds is 4. The molecule has 0 unspecified atom stereocenters. The van der Waals surface area contributed by atoms with Gasteiger partial charge in [-0.3, -0.25) is 0 Å². The summed E-state index contributed by atoms with van der Waals surface area (Å²) in [5.41, 5.74) is 0.147. The zero-order chi connectivity index (χ0) is 19.6. The molecule has 1 aromatic heterocycles. The maximum Gasteiger partial charge on any atom is 0.416 e. The third-order valence-corrected chi connectivity index (χ3v) is 3.49. The van der Waals surface area contributed by atoms with Crippen molar-refractivity contribution < 1.29 is 22.0 Å². The van der Waals surface area contributed by atoms with Gasteiger partial charge in [-0.2, -0.15) is 18.2 Å². The van der Waals surface area contributed by atoms with Gasteiger partial charge < -0.3 is 10.6 Å². The van der Waals surface area contributed by atoms with Crippen LogP contribution in [0.1, 0.15) is 11.3 Å². The fraction of sp³-hybridized carbons (Fsp3) is 0.111. The topological polar surface area (TPSA) is 49.8 Å². The number of anilines is 4. The summed E-state index contributed by atoms with van der Waals surface area (Å²) in [5, 5.41) is 5.50.